The molecule has 3 N–H and O–H groups in total. The highest BCUT2D eigenvalue weighted by atomic mass is 19.4. The topological polar surface area (TPSA) is 58.4 Å². The fourth-order valence-electron chi connectivity index (χ4n) is 1.11. The normalized spacial score (nSPS) is 15.7. The van der Waals surface area contributed by atoms with Gasteiger partial charge in [-0.25, -0.2) is 0 Å². The van der Waals surface area contributed by atoms with Crippen molar-refractivity contribution in [1.29, 1.82) is 0 Å². The Balaban J connectivity index is 4.43. The molecule has 0 saturated heterocycles. The van der Waals surface area contributed by atoms with Crippen LogP contribution in [0.1, 0.15) is 13.3 Å². The van der Waals surface area contributed by atoms with E-state index in [1.165, 1.54) is 7.05 Å². The van der Waals surface area contributed by atoms with E-state index in [2.05, 4.69) is 5.32 Å². The van der Waals surface area contributed by atoms with E-state index < -0.39 is 17.6 Å². The fraction of sp³-hybridized carbons (Fsp3) is 0.889. The molecule has 1 amide bonds. The van der Waals surface area contributed by atoms with Gasteiger partial charge in [-0.1, -0.05) is 0 Å². The number of likely N-dealkylation sites (N-methyl/N-ethyl adjacent to an activating group) is 1. The molecule has 0 spiro atoms. The van der Waals surface area contributed by atoms with Gasteiger partial charge in [-0.05, 0) is 26.9 Å². The van der Waals surface area contributed by atoms with Gasteiger partial charge >= 0.3 is 6.18 Å². The Morgan fingerprint density at radius 1 is 1.44 bits per heavy atom. The summed E-state index contributed by atoms with van der Waals surface area (Å²) in [7, 11) is 3.04. The van der Waals surface area contributed by atoms with Crippen molar-refractivity contribution in [3.8, 4) is 0 Å². The number of nitrogens with zero attached hydrogens (tertiary/aromatic N) is 1. The summed E-state index contributed by atoms with van der Waals surface area (Å²) in [6.07, 6.45) is -4.16. The molecule has 0 rings (SSSR count). The smallest absolute Gasteiger partial charge is 0.344 e. The molecule has 16 heavy (non-hydrogen) atoms. The number of hydrogen-bond acceptors (Lipinski definition) is 3. The van der Waals surface area contributed by atoms with E-state index in [9.17, 15) is 18.0 Å². The standard InChI is InChI=1S/C9H18F3N3O/c1-8(13,9(10,11)12)7(16)15(3)6-4-5-14-2/h14H,4-6,13H2,1-3H3. The quantitative estimate of drug-likeness (QED) is 0.682. The molecule has 0 saturated carbocycles. The number of carbonyl (C=O) groups is 1. The molecule has 0 aliphatic heterocycles. The minimum Gasteiger partial charge on any atom is -0.344 e. The van der Waals surface area contributed by atoms with Crippen molar-refractivity contribution in [1.82, 2.24) is 10.2 Å². The Labute approximate surface area is 93.0 Å². The molecule has 0 bridgehead atoms. The first-order valence-corrected chi connectivity index (χ1v) is 4.90. The van der Waals surface area contributed by atoms with Crippen LogP contribution in [0, 0.1) is 0 Å². The van der Waals surface area contributed by atoms with E-state index in [0.29, 0.717) is 19.9 Å². The molecule has 0 aliphatic rings. The second kappa shape index (κ2) is 5.49. The van der Waals surface area contributed by atoms with Crippen molar-refractivity contribution in [2.45, 2.75) is 25.1 Å². The van der Waals surface area contributed by atoms with E-state index in [-0.39, 0.29) is 6.54 Å². The van der Waals surface area contributed by atoms with E-state index in [1.807, 2.05) is 0 Å². The monoisotopic (exact) mass is 241 g/mol. The van der Waals surface area contributed by atoms with Crippen LogP contribution >= 0.6 is 0 Å². The van der Waals surface area contributed by atoms with Gasteiger partial charge in [-0.2, -0.15) is 13.2 Å². The minimum atomic E-state index is -4.73. The van der Waals surface area contributed by atoms with E-state index >= 15 is 0 Å². The van der Waals surface area contributed by atoms with Crippen LogP contribution in [0.4, 0.5) is 13.2 Å². The first-order chi connectivity index (χ1) is 7.14. The first-order valence-electron chi connectivity index (χ1n) is 4.90. The number of amides is 1. The zero-order chi connectivity index (χ0) is 13.0. The Bertz CT molecular complexity index is 241. The Kier molecular flexibility index (Phi) is 5.21. The number of rotatable bonds is 5. The molecule has 1 unspecified atom stereocenters. The molecule has 4 nitrogen and oxygen atoms in total. The highest BCUT2D eigenvalue weighted by Crippen LogP contribution is 2.29. The summed E-state index contributed by atoms with van der Waals surface area (Å²) >= 11 is 0. The summed E-state index contributed by atoms with van der Waals surface area (Å²) < 4.78 is 37.3. The third-order valence-corrected chi connectivity index (χ3v) is 2.30. The maximum Gasteiger partial charge on any atom is 0.415 e. The van der Waals surface area contributed by atoms with Gasteiger partial charge in [0.25, 0.3) is 5.91 Å². The molecule has 0 heterocycles. The van der Waals surface area contributed by atoms with E-state index in [0.717, 1.165) is 4.90 Å². The van der Waals surface area contributed by atoms with Crippen LogP contribution in [0.3, 0.4) is 0 Å². The average Bonchev–Trinajstić information content (AvgIpc) is 2.15. The zero-order valence-electron chi connectivity index (χ0n) is 9.69. The number of nitrogens with two attached hydrogens (primary N) is 1. The molecule has 7 heteroatoms. The average molecular weight is 241 g/mol. The van der Waals surface area contributed by atoms with E-state index in [1.54, 1.807) is 7.05 Å². The molecule has 96 valence electrons. The molecular formula is C9H18F3N3O. The number of alkyl halides is 3. The molecule has 0 aromatic heterocycles. The van der Waals surface area contributed by atoms with Gasteiger partial charge in [0.05, 0.1) is 0 Å². The zero-order valence-corrected chi connectivity index (χ0v) is 9.69. The predicted octanol–water partition coefficient (Wildman–Crippen LogP) is 0.334. The van der Waals surface area contributed by atoms with Crippen molar-refractivity contribution in [2.75, 3.05) is 27.2 Å². The van der Waals surface area contributed by atoms with Gasteiger partial charge < -0.3 is 16.0 Å². The lowest BCUT2D eigenvalue weighted by Crippen LogP contribution is -2.61. The third-order valence-electron chi connectivity index (χ3n) is 2.30. The SMILES string of the molecule is CNCCCN(C)C(=O)C(C)(N)C(F)(F)F. The third kappa shape index (κ3) is 3.64. The molecule has 0 aromatic rings. The molecule has 0 fully saturated rings. The predicted molar refractivity (Wildman–Crippen MR) is 54.8 cm³/mol. The molecule has 0 aliphatic carbocycles. The maximum atomic E-state index is 12.4. The van der Waals surface area contributed by atoms with Crippen LogP contribution < -0.4 is 11.1 Å². The van der Waals surface area contributed by atoms with Gasteiger partial charge in [0.15, 0.2) is 5.54 Å². The Morgan fingerprint density at radius 2 is 1.94 bits per heavy atom. The summed E-state index contributed by atoms with van der Waals surface area (Å²) in [6.45, 7) is 1.55. The number of hydrogen-bond donors (Lipinski definition) is 2. The van der Waals surface area contributed by atoms with Crippen molar-refractivity contribution in [3.05, 3.63) is 0 Å². The summed E-state index contributed by atoms with van der Waals surface area (Å²) in [5.74, 6) is -1.11. The first kappa shape index (κ1) is 15.2. The van der Waals surface area contributed by atoms with Crippen LogP contribution in [0.5, 0.6) is 0 Å². The van der Waals surface area contributed by atoms with Crippen LogP contribution in [0.15, 0.2) is 0 Å². The molecular weight excluding hydrogens is 223 g/mol. The molecule has 0 aromatic carbocycles. The van der Waals surface area contributed by atoms with Crippen molar-refractivity contribution < 1.29 is 18.0 Å². The lowest BCUT2D eigenvalue weighted by Gasteiger charge is -2.30. The summed E-state index contributed by atoms with van der Waals surface area (Å²) in [5, 5.41) is 2.84. The van der Waals surface area contributed by atoms with E-state index in [4.69, 9.17) is 5.73 Å². The van der Waals surface area contributed by atoms with Gasteiger partial charge in [-0.15, -0.1) is 0 Å². The largest absolute Gasteiger partial charge is 0.415 e. The van der Waals surface area contributed by atoms with Crippen LogP contribution in [-0.2, 0) is 4.79 Å². The number of nitrogens with one attached hydrogen (secondary N) is 1. The van der Waals surface area contributed by atoms with Crippen molar-refractivity contribution in [3.63, 3.8) is 0 Å². The number of halogens is 3. The second-order valence-corrected chi connectivity index (χ2v) is 3.88. The molecule has 0 radical (unpaired) electrons. The lowest BCUT2D eigenvalue weighted by molar-refractivity contribution is -0.192. The van der Waals surface area contributed by atoms with Gasteiger partial charge in [0.2, 0.25) is 0 Å². The maximum absolute atomic E-state index is 12.4. The van der Waals surface area contributed by atoms with Crippen molar-refractivity contribution in [2.24, 2.45) is 5.73 Å². The highest BCUT2D eigenvalue weighted by molar-refractivity contribution is 5.86. The van der Waals surface area contributed by atoms with Gasteiger partial charge in [0.1, 0.15) is 0 Å². The summed E-state index contributed by atoms with van der Waals surface area (Å²) in [5.41, 5.74) is 2.19. The second-order valence-electron chi connectivity index (χ2n) is 3.88. The van der Waals surface area contributed by atoms with Crippen LogP contribution in [0.25, 0.3) is 0 Å². The van der Waals surface area contributed by atoms with Gasteiger partial charge in [0, 0.05) is 13.6 Å². The van der Waals surface area contributed by atoms with Crippen molar-refractivity contribution >= 4 is 5.91 Å². The summed E-state index contributed by atoms with van der Waals surface area (Å²) in [6, 6.07) is 0. The minimum absolute atomic E-state index is 0.239. The lowest BCUT2D eigenvalue weighted by atomic mass is 10.0. The Hall–Kier alpha value is -0.820. The highest BCUT2D eigenvalue weighted by Gasteiger charge is 2.54. The number of carbonyl (C=O) groups excluding carboxylic acids is 1. The van der Waals surface area contributed by atoms with Gasteiger partial charge in [-0.3, -0.25) is 4.79 Å². The molecule has 1 atom stereocenters. The fourth-order valence-corrected chi connectivity index (χ4v) is 1.11. The summed E-state index contributed by atoms with van der Waals surface area (Å²) in [4.78, 5) is 12.5. The van der Waals surface area contributed by atoms with Crippen LogP contribution in [0.2, 0.25) is 0 Å². The van der Waals surface area contributed by atoms with Crippen LogP contribution in [-0.4, -0.2) is 49.7 Å². The Morgan fingerprint density at radius 3 is 2.31 bits per heavy atom.